The SMILES string of the molecule is CCCCCCCC/C=C\CCCCCCCC(=O)OC(=O)C=Cc1ccc(OC)cc1C(=O)CO. The van der Waals surface area contributed by atoms with Crippen molar-refractivity contribution in [3.05, 3.63) is 47.6 Å². The number of methoxy groups -OCH3 is 1. The van der Waals surface area contributed by atoms with E-state index in [9.17, 15) is 14.4 Å². The van der Waals surface area contributed by atoms with Crippen LogP contribution in [0.4, 0.5) is 0 Å². The van der Waals surface area contributed by atoms with Gasteiger partial charge in [0.25, 0.3) is 0 Å². The Kier molecular flexibility index (Phi) is 17.8. The number of rotatable bonds is 20. The Morgan fingerprint density at radius 3 is 2.08 bits per heavy atom. The van der Waals surface area contributed by atoms with E-state index in [1.54, 1.807) is 12.1 Å². The van der Waals surface area contributed by atoms with Crippen LogP contribution in [0, 0.1) is 0 Å². The maximum Gasteiger partial charge on any atom is 0.338 e. The fourth-order valence-corrected chi connectivity index (χ4v) is 3.83. The highest BCUT2D eigenvalue weighted by atomic mass is 16.6. The number of carbonyl (C=O) groups excluding carboxylic acids is 3. The number of carbonyl (C=O) groups is 3. The molecule has 0 aliphatic rings. The predicted octanol–water partition coefficient (Wildman–Crippen LogP) is 6.99. The maximum atomic E-state index is 12.0. The molecule has 6 nitrogen and oxygen atoms in total. The van der Waals surface area contributed by atoms with Crippen molar-refractivity contribution in [3.63, 3.8) is 0 Å². The van der Waals surface area contributed by atoms with E-state index < -0.39 is 24.3 Å². The summed E-state index contributed by atoms with van der Waals surface area (Å²) in [6.45, 7) is 1.58. The molecule has 200 valence electrons. The van der Waals surface area contributed by atoms with Crippen molar-refractivity contribution in [1.29, 1.82) is 0 Å². The molecule has 0 aliphatic carbocycles. The zero-order chi connectivity index (χ0) is 26.4. The molecule has 1 aromatic rings. The summed E-state index contributed by atoms with van der Waals surface area (Å²) in [6.07, 6.45) is 22.6. The average Bonchev–Trinajstić information content (AvgIpc) is 2.89. The zero-order valence-corrected chi connectivity index (χ0v) is 22.1. The quantitative estimate of drug-likeness (QED) is 0.0518. The van der Waals surface area contributed by atoms with Gasteiger partial charge >= 0.3 is 11.9 Å². The summed E-state index contributed by atoms with van der Waals surface area (Å²) in [5.41, 5.74) is 0.650. The molecule has 0 fully saturated rings. The minimum atomic E-state index is -0.786. The second-order valence-corrected chi connectivity index (χ2v) is 9.00. The number of hydrogen-bond donors (Lipinski definition) is 1. The lowest BCUT2D eigenvalue weighted by atomic mass is 10.0. The van der Waals surface area contributed by atoms with Gasteiger partial charge in [0, 0.05) is 18.1 Å². The van der Waals surface area contributed by atoms with Gasteiger partial charge < -0.3 is 14.6 Å². The van der Waals surface area contributed by atoms with Crippen LogP contribution in [0.5, 0.6) is 5.75 Å². The number of benzene rings is 1. The molecule has 0 spiro atoms. The van der Waals surface area contributed by atoms with Gasteiger partial charge in [0.1, 0.15) is 12.4 Å². The lowest BCUT2D eigenvalue weighted by Crippen LogP contribution is -2.10. The van der Waals surface area contributed by atoms with Gasteiger partial charge in [-0.15, -0.1) is 0 Å². The summed E-state index contributed by atoms with van der Waals surface area (Å²) in [5, 5.41) is 9.15. The molecule has 6 heteroatoms. The number of aliphatic hydroxyl groups excluding tert-OH is 1. The Morgan fingerprint density at radius 1 is 0.861 bits per heavy atom. The van der Waals surface area contributed by atoms with E-state index >= 15 is 0 Å². The van der Waals surface area contributed by atoms with Crippen molar-refractivity contribution in [3.8, 4) is 5.75 Å². The Balaban J connectivity index is 2.16. The van der Waals surface area contributed by atoms with Crippen LogP contribution in [0.3, 0.4) is 0 Å². The minimum Gasteiger partial charge on any atom is -0.497 e. The van der Waals surface area contributed by atoms with Crippen LogP contribution < -0.4 is 4.74 Å². The molecule has 1 aromatic carbocycles. The number of Topliss-reactive ketones (excluding diaryl/α,β-unsaturated/α-hetero) is 1. The fourth-order valence-electron chi connectivity index (χ4n) is 3.83. The molecule has 0 saturated heterocycles. The average molecular weight is 501 g/mol. The molecule has 0 aromatic heterocycles. The van der Waals surface area contributed by atoms with E-state index in [0.29, 0.717) is 17.7 Å². The molecule has 0 aliphatic heterocycles. The summed E-state index contributed by atoms with van der Waals surface area (Å²) >= 11 is 0. The molecule has 1 N–H and O–H groups in total. The Hall–Kier alpha value is -2.73. The molecule has 0 saturated carbocycles. The van der Waals surface area contributed by atoms with Crippen LogP contribution >= 0.6 is 0 Å². The summed E-state index contributed by atoms with van der Waals surface area (Å²) in [5.74, 6) is -1.38. The Labute approximate surface area is 216 Å². The first-order valence-corrected chi connectivity index (χ1v) is 13.4. The molecule has 0 amide bonds. The Morgan fingerprint density at radius 2 is 1.47 bits per heavy atom. The molecule has 1 rings (SSSR count). The van der Waals surface area contributed by atoms with E-state index in [1.165, 1.54) is 64.2 Å². The van der Waals surface area contributed by atoms with Gasteiger partial charge in [0.2, 0.25) is 0 Å². The summed E-state index contributed by atoms with van der Waals surface area (Å²) in [7, 11) is 1.47. The number of aliphatic hydroxyl groups is 1. The normalized spacial score (nSPS) is 11.3. The van der Waals surface area contributed by atoms with Crippen LogP contribution in [0.15, 0.2) is 36.4 Å². The van der Waals surface area contributed by atoms with E-state index in [4.69, 9.17) is 14.6 Å². The standard InChI is InChI=1S/C30H44O6/c1-3-4-5-6-7-8-9-10-11-12-13-14-15-16-17-18-29(33)36-30(34)22-20-25-19-21-26(35-2)23-27(25)28(32)24-31/h10-11,19-23,31H,3-9,12-18,24H2,1-2H3/b11-10-,22-20?. The second kappa shape index (κ2) is 20.5. The third-order valence-corrected chi connectivity index (χ3v) is 5.96. The van der Waals surface area contributed by atoms with Crippen molar-refractivity contribution in [2.24, 2.45) is 0 Å². The monoisotopic (exact) mass is 500 g/mol. The zero-order valence-electron chi connectivity index (χ0n) is 22.1. The number of hydrogen-bond acceptors (Lipinski definition) is 6. The molecule has 0 unspecified atom stereocenters. The Bertz CT molecular complexity index is 840. The summed E-state index contributed by atoms with van der Waals surface area (Å²) in [4.78, 5) is 35.8. The number of esters is 2. The van der Waals surface area contributed by atoms with Crippen molar-refractivity contribution >= 4 is 23.8 Å². The third kappa shape index (κ3) is 14.6. The largest absolute Gasteiger partial charge is 0.497 e. The molecule has 36 heavy (non-hydrogen) atoms. The minimum absolute atomic E-state index is 0.203. The molecule has 0 atom stereocenters. The number of unbranched alkanes of at least 4 members (excludes halogenated alkanes) is 11. The number of ketones is 1. The van der Waals surface area contributed by atoms with Crippen molar-refractivity contribution < 1.29 is 29.0 Å². The molecular formula is C30H44O6. The lowest BCUT2D eigenvalue weighted by Gasteiger charge is -2.06. The predicted molar refractivity (Wildman–Crippen MR) is 144 cm³/mol. The van der Waals surface area contributed by atoms with Gasteiger partial charge in [-0.2, -0.15) is 0 Å². The van der Waals surface area contributed by atoms with Crippen molar-refractivity contribution in [1.82, 2.24) is 0 Å². The fraction of sp³-hybridized carbons (Fsp3) is 0.567. The van der Waals surface area contributed by atoms with E-state index in [2.05, 4.69) is 19.1 Å². The highest BCUT2D eigenvalue weighted by Crippen LogP contribution is 2.20. The van der Waals surface area contributed by atoms with Crippen molar-refractivity contribution in [2.75, 3.05) is 13.7 Å². The highest BCUT2D eigenvalue weighted by Gasteiger charge is 2.12. The molecule has 0 bridgehead atoms. The summed E-state index contributed by atoms with van der Waals surface area (Å²) < 4.78 is 9.92. The van der Waals surface area contributed by atoms with E-state index in [1.807, 2.05) is 0 Å². The van der Waals surface area contributed by atoms with Crippen LogP contribution in [0.1, 0.15) is 113 Å². The van der Waals surface area contributed by atoms with Crippen molar-refractivity contribution in [2.45, 2.75) is 96.8 Å². The summed E-state index contributed by atoms with van der Waals surface area (Å²) in [6, 6.07) is 4.72. The first-order valence-electron chi connectivity index (χ1n) is 13.4. The van der Waals surface area contributed by atoms with Gasteiger partial charge in [0.15, 0.2) is 5.78 Å². The second-order valence-electron chi connectivity index (χ2n) is 9.00. The number of allylic oxidation sites excluding steroid dienone is 2. The van der Waals surface area contributed by atoms with E-state index in [0.717, 1.165) is 38.2 Å². The maximum absolute atomic E-state index is 12.0. The highest BCUT2D eigenvalue weighted by molar-refractivity contribution is 6.02. The van der Waals surface area contributed by atoms with Gasteiger partial charge in [-0.1, -0.05) is 76.5 Å². The van der Waals surface area contributed by atoms with Gasteiger partial charge in [-0.3, -0.25) is 9.59 Å². The van der Waals surface area contributed by atoms with Crippen LogP contribution in [0.2, 0.25) is 0 Å². The molecule has 0 radical (unpaired) electrons. The third-order valence-electron chi connectivity index (χ3n) is 5.96. The van der Waals surface area contributed by atoms with Crippen LogP contribution in [0.25, 0.3) is 6.08 Å². The number of ether oxygens (including phenoxy) is 2. The first kappa shape index (κ1) is 31.3. The van der Waals surface area contributed by atoms with E-state index in [-0.39, 0.29) is 12.0 Å². The van der Waals surface area contributed by atoms with Crippen LogP contribution in [-0.4, -0.2) is 36.5 Å². The smallest absolute Gasteiger partial charge is 0.338 e. The molecule has 0 heterocycles. The van der Waals surface area contributed by atoms with Gasteiger partial charge in [0.05, 0.1) is 7.11 Å². The van der Waals surface area contributed by atoms with Gasteiger partial charge in [-0.25, -0.2) is 4.79 Å². The first-order chi connectivity index (χ1) is 17.5. The lowest BCUT2D eigenvalue weighted by molar-refractivity contribution is -0.156. The van der Waals surface area contributed by atoms with Crippen LogP contribution in [-0.2, 0) is 14.3 Å². The topological polar surface area (TPSA) is 89.9 Å². The molecular weight excluding hydrogens is 456 g/mol. The van der Waals surface area contributed by atoms with Gasteiger partial charge in [-0.05, 0) is 55.9 Å².